The summed E-state index contributed by atoms with van der Waals surface area (Å²) in [6.07, 6.45) is 3.13. The van der Waals surface area contributed by atoms with Crippen molar-refractivity contribution in [3.05, 3.63) is 29.3 Å². The predicted octanol–water partition coefficient (Wildman–Crippen LogP) is 2.80. The molecule has 5 heterocycles. The third kappa shape index (κ3) is 5.60. The number of rotatable bonds is 8. The Balaban J connectivity index is 1.28. The Labute approximate surface area is 255 Å². The van der Waals surface area contributed by atoms with Crippen LogP contribution in [0.15, 0.2) is 18.2 Å². The highest BCUT2D eigenvalue weighted by molar-refractivity contribution is 6.02. The number of aryl methyl sites for hydroxylation is 1. The Morgan fingerprint density at radius 3 is 2.53 bits per heavy atom. The van der Waals surface area contributed by atoms with Crippen molar-refractivity contribution < 1.29 is 28.6 Å². The van der Waals surface area contributed by atoms with Gasteiger partial charge < -0.3 is 29.7 Å². The van der Waals surface area contributed by atoms with Crippen molar-refractivity contribution in [3.8, 4) is 0 Å². The van der Waals surface area contributed by atoms with Crippen LogP contribution in [0.25, 0.3) is 0 Å². The molecule has 1 aromatic carbocycles. The van der Waals surface area contributed by atoms with Gasteiger partial charge in [0.2, 0.25) is 17.7 Å². The molecule has 0 radical (unpaired) electrons. The number of benzene rings is 1. The van der Waals surface area contributed by atoms with Crippen LogP contribution < -0.4 is 10.6 Å². The van der Waals surface area contributed by atoms with Crippen LogP contribution in [0.5, 0.6) is 0 Å². The summed E-state index contributed by atoms with van der Waals surface area (Å²) in [5.41, 5.74) is 1.83. The van der Waals surface area contributed by atoms with Crippen molar-refractivity contribution in [2.75, 3.05) is 38.2 Å². The van der Waals surface area contributed by atoms with Crippen LogP contribution in [0.2, 0.25) is 0 Å². The average molecular weight is 597 g/mol. The molecule has 5 aliphatic heterocycles. The number of amides is 3. The fraction of sp³-hybridized carbons (Fsp3) is 0.727. The lowest BCUT2D eigenvalue weighted by atomic mass is 9.70. The summed E-state index contributed by atoms with van der Waals surface area (Å²) < 4.78 is 18.1. The van der Waals surface area contributed by atoms with Crippen molar-refractivity contribution >= 4 is 23.4 Å². The highest BCUT2D eigenvalue weighted by atomic mass is 16.5. The predicted molar refractivity (Wildman–Crippen MR) is 162 cm³/mol. The molecular formula is C33H48N4O6. The molecule has 5 aliphatic rings. The van der Waals surface area contributed by atoms with Crippen LogP contribution in [-0.2, 0) is 28.6 Å². The van der Waals surface area contributed by atoms with Gasteiger partial charge in [0.25, 0.3) is 0 Å². The van der Waals surface area contributed by atoms with Crippen molar-refractivity contribution in [1.29, 1.82) is 0 Å². The number of fused-ring (bicyclic) bond motifs is 1. The van der Waals surface area contributed by atoms with E-state index in [0.29, 0.717) is 26.1 Å². The van der Waals surface area contributed by atoms with E-state index in [1.807, 2.05) is 52.8 Å². The van der Waals surface area contributed by atoms with Crippen LogP contribution in [0, 0.1) is 25.7 Å². The Bertz CT molecular complexity index is 1230. The molecule has 1 spiro atoms. The second-order valence-electron chi connectivity index (χ2n) is 13.6. The Morgan fingerprint density at radius 1 is 1.09 bits per heavy atom. The smallest absolute Gasteiger partial charge is 0.246 e. The van der Waals surface area contributed by atoms with Crippen LogP contribution in [0.4, 0.5) is 5.69 Å². The number of carbonyl (C=O) groups excluding carboxylic acids is 3. The first kappa shape index (κ1) is 30.5. The maximum absolute atomic E-state index is 14.5. The van der Waals surface area contributed by atoms with E-state index >= 15 is 0 Å². The largest absolute Gasteiger partial charge is 0.379 e. The second-order valence-corrected chi connectivity index (χ2v) is 13.6. The summed E-state index contributed by atoms with van der Waals surface area (Å²) in [5, 5.41) is 6.42. The van der Waals surface area contributed by atoms with Crippen LogP contribution in [0.3, 0.4) is 0 Å². The summed E-state index contributed by atoms with van der Waals surface area (Å²) in [4.78, 5) is 46.9. The van der Waals surface area contributed by atoms with Crippen molar-refractivity contribution in [1.82, 2.24) is 15.1 Å². The first-order chi connectivity index (χ1) is 20.6. The molecule has 43 heavy (non-hydrogen) atoms. The number of carbonyl (C=O) groups is 3. The first-order valence-electron chi connectivity index (χ1n) is 16.2. The maximum Gasteiger partial charge on any atom is 0.246 e. The zero-order valence-electron chi connectivity index (χ0n) is 26.3. The minimum Gasteiger partial charge on any atom is -0.379 e. The topological polar surface area (TPSA) is 109 Å². The maximum atomic E-state index is 14.5. The molecular weight excluding hydrogens is 548 g/mol. The molecule has 10 nitrogen and oxygen atoms in total. The minimum atomic E-state index is -1.01. The number of anilines is 1. The number of nitrogens with zero attached hydrogens (tertiary/aromatic N) is 2. The molecule has 236 valence electrons. The van der Waals surface area contributed by atoms with Gasteiger partial charge in [0.1, 0.15) is 11.6 Å². The van der Waals surface area contributed by atoms with Gasteiger partial charge >= 0.3 is 0 Å². The molecule has 0 saturated carbocycles. The Kier molecular flexibility index (Phi) is 8.58. The van der Waals surface area contributed by atoms with E-state index in [-0.39, 0.29) is 48.1 Å². The van der Waals surface area contributed by atoms with Crippen molar-refractivity contribution in [3.63, 3.8) is 0 Å². The molecule has 0 aromatic heterocycles. The zero-order chi connectivity index (χ0) is 30.5. The lowest BCUT2D eigenvalue weighted by molar-refractivity contribution is -0.145. The van der Waals surface area contributed by atoms with E-state index in [4.69, 9.17) is 14.2 Å². The highest BCUT2D eigenvalue weighted by Crippen LogP contribution is 2.59. The summed E-state index contributed by atoms with van der Waals surface area (Å²) in [5.74, 6) is -1.84. The van der Waals surface area contributed by atoms with Crippen molar-refractivity contribution in [2.24, 2.45) is 11.8 Å². The Hall–Kier alpha value is -2.53. The normalized spacial score (nSPS) is 36.4. The van der Waals surface area contributed by atoms with Crippen LogP contribution in [-0.4, -0.2) is 102 Å². The summed E-state index contributed by atoms with van der Waals surface area (Å²) in [6.45, 7) is 14.1. The van der Waals surface area contributed by atoms with Gasteiger partial charge in [-0.3, -0.25) is 19.3 Å². The Morgan fingerprint density at radius 2 is 1.81 bits per heavy atom. The molecule has 6 rings (SSSR count). The number of morpholine rings is 1. The fourth-order valence-corrected chi connectivity index (χ4v) is 8.40. The third-order valence-corrected chi connectivity index (χ3v) is 10.6. The molecule has 8 unspecified atom stereocenters. The van der Waals surface area contributed by atoms with Gasteiger partial charge in [-0.2, -0.15) is 0 Å². The molecule has 0 aliphatic carbocycles. The van der Waals surface area contributed by atoms with E-state index in [1.165, 1.54) is 0 Å². The van der Waals surface area contributed by atoms with E-state index in [2.05, 4.69) is 15.5 Å². The lowest BCUT2D eigenvalue weighted by Crippen LogP contribution is -2.59. The first-order valence-corrected chi connectivity index (χ1v) is 16.2. The molecule has 10 heteroatoms. The molecule has 1 aromatic rings. The molecule has 2 N–H and O–H groups in total. The molecule has 8 atom stereocenters. The molecule has 5 fully saturated rings. The fourth-order valence-electron chi connectivity index (χ4n) is 8.40. The van der Waals surface area contributed by atoms with Crippen molar-refractivity contribution in [2.45, 2.75) is 109 Å². The van der Waals surface area contributed by atoms with E-state index in [0.717, 1.165) is 55.7 Å². The number of nitrogens with one attached hydrogen (secondary N) is 2. The molecule has 3 amide bonds. The summed E-state index contributed by atoms with van der Waals surface area (Å²) in [6, 6.07) is 4.83. The lowest BCUT2D eigenvalue weighted by Gasteiger charge is -2.39. The van der Waals surface area contributed by atoms with E-state index in [1.54, 1.807) is 4.90 Å². The molecule has 5 saturated heterocycles. The average Bonchev–Trinajstić information content (AvgIpc) is 3.61. The third-order valence-electron chi connectivity index (χ3n) is 10.6. The summed E-state index contributed by atoms with van der Waals surface area (Å²) in [7, 11) is 0. The van der Waals surface area contributed by atoms with Crippen LogP contribution in [0.1, 0.15) is 64.0 Å². The number of likely N-dealkylation sites (tertiary alicyclic amines) is 1. The van der Waals surface area contributed by atoms with Gasteiger partial charge in [0.15, 0.2) is 0 Å². The van der Waals surface area contributed by atoms with E-state index < -0.39 is 23.5 Å². The van der Waals surface area contributed by atoms with Gasteiger partial charge in [0, 0.05) is 37.4 Å². The number of hydrogen-bond donors (Lipinski definition) is 2. The highest BCUT2D eigenvalue weighted by Gasteiger charge is 2.75. The second kappa shape index (κ2) is 12.1. The van der Waals surface area contributed by atoms with Gasteiger partial charge in [-0.05, 0) is 83.9 Å². The monoisotopic (exact) mass is 596 g/mol. The van der Waals surface area contributed by atoms with Gasteiger partial charge in [-0.25, -0.2) is 0 Å². The molecule has 2 bridgehead atoms. The summed E-state index contributed by atoms with van der Waals surface area (Å²) >= 11 is 0. The minimum absolute atomic E-state index is 0.0377. The number of hydrogen-bond acceptors (Lipinski definition) is 7. The van der Waals surface area contributed by atoms with Gasteiger partial charge in [0.05, 0.1) is 43.4 Å². The quantitative estimate of drug-likeness (QED) is 0.475. The van der Waals surface area contributed by atoms with Gasteiger partial charge in [-0.15, -0.1) is 0 Å². The standard InChI is InChI=1S/C33H48N4O6/c1-19-7-6-8-25(23(19)5)35-30(38)27-26-9-11-33(43-26)28(27)32(40)37(20(2)10-12-36-13-15-41-16-14-36)29(33)31(39)34-24-17-21(3)42-22(4)18-24/h6-8,20-22,24,26-29H,9-18H2,1-5H3,(H,34,39)(H,35,38). The van der Waals surface area contributed by atoms with E-state index in [9.17, 15) is 14.4 Å². The number of ether oxygens (including phenoxy) is 3. The van der Waals surface area contributed by atoms with Crippen LogP contribution >= 0.6 is 0 Å². The van der Waals surface area contributed by atoms with Gasteiger partial charge in [-0.1, -0.05) is 12.1 Å². The SMILES string of the molecule is Cc1cccc(NC(=O)C2C3CCC4(O3)C2C(=O)N(C(C)CCN2CCOCC2)C4C(=O)NC2CC(C)OC(C)C2)c1C. The zero-order valence-corrected chi connectivity index (χ0v) is 26.3.